The van der Waals surface area contributed by atoms with E-state index in [2.05, 4.69) is 47.4 Å². The Morgan fingerprint density at radius 1 is 1.26 bits per heavy atom. The summed E-state index contributed by atoms with van der Waals surface area (Å²) in [7, 11) is 2.03. The first-order valence-corrected chi connectivity index (χ1v) is 6.61. The van der Waals surface area contributed by atoms with Crippen LogP contribution in [-0.2, 0) is 5.41 Å². The molecule has 0 unspecified atom stereocenters. The summed E-state index contributed by atoms with van der Waals surface area (Å²) in [4.78, 5) is 10.8. The summed E-state index contributed by atoms with van der Waals surface area (Å²) in [6.07, 6.45) is 0. The zero-order valence-corrected chi connectivity index (χ0v) is 12.3. The van der Waals surface area contributed by atoms with E-state index in [1.165, 1.54) is 5.56 Å². The number of benzene rings is 1. The molecule has 2 aromatic rings. The van der Waals surface area contributed by atoms with Crippen LogP contribution in [0.3, 0.4) is 0 Å². The van der Waals surface area contributed by atoms with Crippen LogP contribution in [0.5, 0.6) is 0 Å². The maximum atomic E-state index is 6.23. The molecule has 2 heterocycles. The normalized spacial score (nSPS) is 17.1. The molecular weight excluding hydrogens is 258 g/mol. The molecule has 0 N–H and O–H groups in total. The van der Waals surface area contributed by atoms with E-state index in [1.807, 2.05) is 14.0 Å². The maximum Gasteiger partial charge on any atom is 0.140 e. The first-order valence-electron chi connectivity index (χ1n) is 6.24. The molecule has 0 saturated heterocycles. The standard InChI is InChI=1S/C15H16ClN3/c1-8-15(3,4)11-7-12-10(6-13(11)19(8)5)14(16)18-9(2)17-12/h6-7H,1H2,2-5H3. The van der Waals surface area contributed by atoms with Crippen LogP contribution in [0.25, 0.3) is 10.9 Å². The van der Waals surface area contributed by atoms with E-state index in [-0.39, 0.29) is 5.41 Å². The summed E-state index contributed by atoms with van der Waals surface area (Å²) in [5.74, 6) is 0.695. The molecule has 4 heteroatoms. The Morgan fingerprint density at radius 2 is 1.95 bits per heavy atom. The molecule has 0 saturated carbocycles. The van der Waals surface area contributed by atoms with E-state index in [9.17, 15) is 0 Å². The zero-order valence-electron chi connectivity index (χ0n) is 11.6. The van der Waals surface area contributed by atoms with Crippen LogP contribution in [0.2, 0.25) is 5.15 Å². The molecule has 0 amide bonds. The van der Waals surface area contributed by atoms with Crippen LogP contribution < -0.4 is 4.90 Å². The fraction of sp³-hybridized carbons (Fsp3) is 0.333. The first-order chi connectivity index (χ1) is 8.82. The highest BCUT2D eigenvalue weighted by Gasteiger charge is 2.37. The van der Waals surface area contributed by atoms with Gasteiger partial charge in [-0.1, -0.05) is 32.0 Å². The van der Waals surface area contributed by atoms with Crippen molar-refractivity contribution < 1.29 is 0 Å². The molecule has 19 heavy (non-hydrogen) atoms. The monoisotopic (exact) mass is 273 g/mol. The molecule has 0 spiro atoms. The van der Waals surface area contributed by atoms with E-state index in [1.54, 1.807) is 0 Å². The van der Waals surface area contributed by atoms with Crippen molar-refractivity contribution in [3.8, 4) is 0 Å². The third-order valence-electron chi connectivity index (χ3n) is 4.04. The second-order valence-electron chi connectivity index (χ2n) is 5.58. The summed E-state index contributed by atoms with van der Waals surface area (Å²) in [5.41, 5.74) is 4.27. The van der Waals surface area contributed by atoms with E-state index in [0.717, 1.165) is 22.3 Å². The number of hydrogen-bond donors (Lipinski definition) is 0. The highest BCUT2D eigenvalue weighted by atomic mass is 35.5. The number of aromatic nitrogens is 2. The number of likely N-dealkylation sites (N-methyl/N-ethyl adjacent to an activating group) is 1. The third-order valence-corrected chi connectivity index (χ3v) is 4.33. The number of nitrogens with zero attached hydrogens (tertiary/aromatic N) is 3. The molecule has 98 valence electrons. The van der Waals surface area contributed by atoms with Crippen molar-refractivity contribution in [2.75, 3.05) is 11.9 Å². The van der Waals surface area contributed by atoms with Crippen molar-refractivity contribution in [1.82, 2.24) is 9.97 Å². The predicted octanol–water partition coefficient (Wildman–Crippen LogP) is 3.83. The lowest BCUT2D eigenvalue weighted by Gasteiger charge is -2.22. The highest BCUT2D eigenvalue weighted by Crippen LogP contribution is 2.47. The molecule has 0 radical (unpaired) electrons. The van der Waals surface area contributed by atoms with E-state index in [4.69, 9.17) is 11.6 Å². The molecule has 3 nitrogen and oxygen atoms in total. The van der Waals surface area contributed by atoms with Gasteiger partial charge in [0.05, 0.1) is 5.52 Å². The van der Waals surface area contributed by atoms with Gasteiger partial charge < -0.3 is 4.90 Å². The van der Waals surface area contributed by atoms with Crippen LogP contribution in [0.15, 0.2) is 24.4 Å². The van der Waals surface area contributed by atoms with Crippen molar-refractivity contribution in [3.63, 3.8) is 0 Å². The second-order valence-corrected chi connectivity index (χ2v) is 5.94. The topological polar surface area (TPSA) is 29.0 Å². The molecule has 1 aliphatic rings. The Hall–Kier alpha value is -1.61. The zero-order chi connectivity index (χ0) is 13.9. The van der Waals surface area contributed by atoms with Crippen LogP contribution in [-0.4, -0.2) is 17.0 Å². The van der Waals surface area contributed by atoms with Gasteiger partial charge in [-0.15, -0.1) is 0 Å². The van der Waals surface area contributed by atoms with E-state index in [0.29, 0.717) is 11.0 Å². The van der Waals surface area contributed by atoms with Crippen molar-refractivity contribution in [2.45, 2.75) is 26.2 Å². The number of halogens is 1. The Morgan fingerprint density at radius 3 is 2.63 bits per heavy atom. The Kier molecular flexibility index (Phi) is 2.42. The highest BCUT2D eigenvalue weighted by molar-refractivity contribution is 6.34. The third kappa shape index (κ3) is 1.58. The van der Waals surface area contributed by atoms with Gasteiger partial charge in [-0.05, 0) is 24.6 Å². The van der Waals surface area contributed by atoms with Gasteiger partial charge in [0.1, 0.15) is 11.0 Å². The molecule has 1 aromatic carbocycles. The lowest BCUT2D eigenvalue weighted by molar-refractivity contribution is 0.643. The largest absolute Gasteiger partial charge is 0.348 e. The molecule has 0 fully saturated rings. The number of fused-ring (bicyclic) bond motifs is 2. The Balaban J connectivity index is 2.40. The predicted molar refractivity (Wildman–Crippen MR) is 79.9 cm³/mol. The summed E-state index contributed by atoms with van der Waals surface area (Å²) in [6, 6.07) is 4.17. The summed E-state index contributed by atoms with van der Waals surface area (Å²) in [5, 5.41) is 1.40. The number of allylic oxidation sites excluding steroid dienone is 1. The molecule has 1 aliphatic heterocycles. The van der Waals surface area contributed by atoms with Crippen LogP contribution in [0, 0.1) is 6.92 Å². The van der Waals surface area contributed by atoms with Gasteiger partial charge >= 0.3 is 0 Å². The van der Waals surface area contributed by atoms with E-state index >= 15 is 0 Å². The average Bonchev–Trinajstić information content (AvgIpc) is 2.50. The quantitative estimate of drug-likeness (QED) is 0.683. The number of anilines is 1. The van der Waals surface area contributed by atoms with Gasteiger partial charge in [0.15, 0.2) is 0 Å². The molecule has 0 atom stereocenters. The minimum absolute atomic E-state index is 0.0798. The lowest BCUT2D eigenvalue weighted by atomic mass is 9.84. The number of rotatable bonds is 0. The van der Waals surface area contributed by atoms with Crippen LogP contribution in [0.4, 0.5) is 5.69 Å². The van der Waals surface area contributed by atoms with Crippen molar-refractivity contribution in [1.29, 1.82) is 0 Å². The number of aryl methyl sites for hydroxylation is 1. The Labute approximate surface area is 117 Å². The molecule has 3 rings (SSSR count). The van der Waals surface area contributed by atoms with Gasteiger partial charge in [0, 0.05) is 29.2 Å². The molecule has 0 bridgehead atoms. The molecular formula is C15H16ClN3. The van der Waals surface area contributed by atoms with Crippen molar-refractivity contribution in [3.05, 3.63) is 40.9 Å². The number of hydrogen-bond acceptors (Lipinski definition) is 3. The van der Waals surface area contributed by atoms with Gasteiger partial charge in [-0.25, -0.2) is 9.97 Å². The Bertz CT molecular complexity index is 719. The smallest absolute Gasteiger partial charge is 0.140 e. The maximum absolute atomic E-state index is 6.23. The molecule has 0 aliphatic carbocycles. The van der Waals surface area contributed by atoms with Gasteiger partial charge in [0.2, 0.25) is 0 Å². The van der Waals surface area contributed by atoms with Crippen LogP contribution >= 0.6 is 11.6 Å². The van der Waals surface area contributed by atoms with Crippen molar-refractivity contribution >= 4 is 28.2 Å². The lowest BCUT2D eigenvalue weighted by Crippen LogP contribution is -2.21. The fourth-order valence-corrected chi connectivity index (χ4v) is 3.01. The first kappa shape index (κ1) is 12.4. The van der Waals surface area contributed by atoms with Gasteiger partial charge in [-0.2, -0.15) is 0 Å². The van der Waals surface area contributed by atoms with E-state index < -0.39 is 0 Å². The fourth-order valence-electron chi connectivity index (χ4n) is 2.73. The van der Waals surface area contributed by atoms with Crippen LogP contribution in [0.1, 0.15) is 25.2 Å². The summed E-state index contributed by atoms with van der Waals surface area (Å²) >= 11 is 6.23. The second kappa shape index (κ2) is 3.70. The van der Waals surface area contributed by atoms with Crippen molar-refractivity contribution in [2.24, 2.45) is 0 Å². The average molecular weight is 274 g/mol. The van der Waals surface area contributed by atoms with Gasteiger partial charge in [-0.3, -0.25) is 0 Å². The minimum Gasteiger partial charge on any atom is -0.348 e. The minimum atomic E-state index is -0.0798. The molecule has 1 aromatic heterocycles. The summed E-state index contributed by atoms with van der Waals surface area (Å²) < 4.78 is 0. The van der Waals surface area contributed by atoms with Gasteiger partial charge in [0.25, 0.3) is 0 Å². The SMILES string of the molecule is C=C1N(C)c2cc3c(Cl)nc(C)nc3cc2C1(C)C. The summed E-state index contributed by atoms with van der Waals surface area (Å²) in [6.45, 7) is 10.4.